The molecule has 2 aromatic carbocycles. The molecule has 1 aliphatic rings. The molecule has 3 N–H and O–H groups in total. The first-order chi connectivity index (χ1) is 11.8. The Kier molecular flexibility index (Phi) is 4.59. The summed E-state index contributed by atoms with van der Waals surface area (Å²) in [6, 6.07) is 9.61. The summed E-state index contributed by atoms with van der Waals surface area (Å²) >= 11 is 5.94. The normalized spacial score (nSPS) is 18.0. The van der Waals surface area contributed by atoms with Crippen molar-refractivity contribution in [1.82, 2.24) is 4.72 Å². The number of carbonyl (C=O) groups is 1. The fourth-order valence-electron chi connectivity index (χ4n) is 2.50. The molecule has 7 nitrogen and oxygen atoms in total. The van der Waals surface area contributed by atoms with E-state index < -0.39 is 22.1 Å². The monoisotopic (exact) mass is 381 g/mol. The maximum Gasteiger partial charge on any atom is 0.263 e. The minimum Gasteiger partial charge on any atom is -0.495 e. The second-order valence-corrected chi connectivity index (χ2v) is 7.65. The van der Waals surface area contributed by atoms with Crippen molar-refractivity contribution in [2.24, 2.45) is 0 Å². The third-order valence-corrected chi connectivity index (χ3v) is 5.40. The molecule has 25 heavy (non-hydrogen) atoms. The van der Waals surface area contributed by atoms with Crippen LogP contribution in [0.15, 0.2) is 41.3 Å². The average Bonchev–Trinajstić information content (AvgIpc) is 2.53. The fourth-order valence-corrected chi connectivity index (χ4v) is 3.93. The standard InChI is InChI=1S/C16H16ClN3O4S/c1-9-3-6-14-12(7-9)18-15(20-25(14,22)23)16(21)19-11-8-10(17)4-5-13(11)24-2/h3-8,15,18,20H,1-2H3,(H,19,21). The lowest BCUT2D eigenvalue weighted by atomic mass is 10.2. The number of fused-ring (bicyclic) bond motifs is 1. The van der Waals surface area contributed by atoms with Gasteiger partial charge in [-0.15, -0.1) is 0 Å². The second kappa shape index (κ2) is 6.55. The third kappa shape index (κ3) is 3.55. The van der Waals surface area contributed by atoms with E-state index in [2.05, 4.69) is 15.4 Å². The van der Waals surface area contributed by atoms with Crippen molar-refractivity contribution >= 4 is 38.9 Å². The van der Waals surface area contributed by atoms with Crippen LogP contribution < -0.4 is 20.1 Å². The molecule has 0 fully saturated rings. The SMILES string of the molecule is COc1ccc(Cl)cc1NC(=O)C1Nc2cc(C)ccc2S(=O)(=O)N1. The van der Waals surface area contributed by atoms with Crippen LogP contribution in [-0.2, 0) is 14.8 Å². The van der Waals surface area contributed by atoms with Gasteiger partial charge in [0.1, 0.15) is 10.6 Å². The van der Waals surface area contributed by atoms with Crippen molar-refractivity contribution in [3.05, 3.63) is 47.0 Å². The van der Waals surface area contributed by atoms with E-state index in [0.29, 0.717) is 22.1 Å². The number of ether oxygens (including phenoxy) is 1. The van der Waals surface area contributed by atoms with Crippen LogP contribution in [0.2, 0.25) is 5.02 Å². The highest BCUT2D eigenvalue weighted by atomic mass is 35.5. The summed E-state index contributed by atoms with van der Waals surface area (Å²) in [6.45, 7) is 1.84. The van der Waals surface area contributed by atoms with Gasteiger partial charge in [-0.3, -0.25) is 4.79 Å². The van der Waals surface area contributed by atoms with Gasteiger partial charge < -0.3 is 15.4 Å². The van der Waals surface area contributed by atoms with Crippen LogP contribution in [0.25, 0.3) is 0 Å². The minimum absolute atomic E-state index is 0.0995. The number of anilines is 2. The van der Waals surface area contributed by atoms with E-state index in [9.17, 15) is 13.2 Å². The minimum atomic E-state index is -3.80. The molecule has 1 unspecified atom stereocenters. The van der Waals surface area contributed by atoms with Gasteiger partial charge in [0.25, 0.3) is 5.91 Å². The van der Waals surface area contributed by atoms with E-state index in [4.69, 9.17) is 16.3 Å². The Morgan fingerprint density at radius 3 is 2.72 bits per heavy atom. The summed E-state index contributed by atoms with van der Waals surface area (Å²) in [5.41, 5.74) is 1.59. The van der Waals surface area contributed by atoms with E-state index >= 15 is 0 Å². The molecular weight excluding hydrogens is 366 g/mol. The quantitative estimate of drug-likeness (QED) is 0.758. The summed E-state index contributed by atoms with van der Waals surface area (Å²) in [5.74, 6) is -0.177. The number of halogens is 1. The lowest BCUT2D eigenvalue weighted by Gasteiger charge is -2.27. The van der Waals surface area contributed by atoms with Gasteiger partial charge in [0.15, 0.2) is 6.17 Å². The van der Waals surface area contributed by atoms with Gasteiger partial charge in [-0.1, -0.05) is 17.7 Å². The zero-order chi connectivity index (χ0) is 18.2. The van der Waals surface area contributed by atoms with Crippen molar-refractivity contribution in [2.75, 3.05) is 17.7 Å². The Labute approximate surface area is 150 Å². The molecule has 132 valence electrons. The topological polar surface area (TPSA) is 96.5 Å². The van der Waals surface area contributed by atoms with Crippen LogP contribution in [0.1, 0.15) is 5.56 Å². The first-order valence-corrected chi connectivity index (χ1v) is 9.20. The molecular formula is C16H16ClN3O4S. The molecule has 0 saturated heterocycles. The van der Waals surface area contributed by atoms with Crippen LogP contribution in [0.5, 0.6) is 5.75 Å². The van der Waals surface area contributed by atoms with Crippen molar-refractivity contribution in [3.63, 3.8) is 0 Å². The Balaban J connectivity index is 1.88. The third-order valence-electron chi connectivity index (χ3n) is 3.68. The molecule has 0 bridgehead atoms. The Morgan fingerprint density at radius 1 is 1.24 bits per heavy atom. The second-order valence-electron chi connectivity index (χ2n) is 5.53. The van der Waals surface area contributed by atoms with Crippen LogP contribution in [0.4, 0.5) is 11.4 Å². The summed E-state index contributed by atoms with van der Waals surface area (Å²) in [7, 11) is -2.34. The van der Waals surface area contributed by atoms with Crippen molar-refractivity contribution in [3.8, 4) is 5.75 Å². The van der Waals surface area contributed by atoms with Gasteiger partial charge in [-0.05, 0) is 42.8 Å². The van der Waals surface area contributed by atoms with E-state index in [-0.39, 0.29) is 4.90 Å². The summed E-state index contributed by atoms with van der Waals surface area (Å²) < 4.78 is 32.2. The van der Waals surface area contributed by atoms with E-state index in [1.807, 2.05) is 6.92 Å². The Bertz CT molecular complexity index is 946. The molecule has 0 spiro atoms. The summed E-state index contributed by atoms with van der Waals surface area (Å²) in [6.07, 6.45) is -1.16. The van der Waals surface area contributed by atoms with Gasteiger partial charge in [-0.25, -0.2) is 8.42 Å². The number of hydrogen-bond donors (Lipinski definition) is 3. The number of hydrogen-bond acceptors (Lipinski definition) is 5. The zero-order valence-electron chi connectivity index (χ0n) is 13.5. The molecule has 1 aliphatic heterocycles. The number of nitrogens with one attached hydrogen (secondary N) is 3. The average molecular weight is 382 g/mol. The number of amides is 1. The summed E-state index contributed by atoms with van der Waals surface area (Å²) in [4.78, 5) is 12.6. The van der Waals surface area contributed by atoms with Crippen LogP contribution in [-0.4, -0.2) is 27.6 Å². The number of carbonyl (C=O) groups excluding carboxylic acids is 1. The molecule has 0 aliphatic carbocycles. The Hall–Kier alpha value is -2.29. The lowest BCUT2D eigenvalue weighted by Crippen LogP contribution is -2.51. The van der Waals surface area contributed by atoms with Crippen molar-refractivity contribution < 1.29 is 17.9 Å². The van der Waals surface area contributed by atoms with E-state index in [1.54, 1.807) is 24.3 Å². The van der Waals surface area contributed by atoms with Gasteiger partial charge in [-0.2, -0.15) is 4.72 Å². The molecule has 2 aromatic rings. The van der Waals surface area contributed by atoms with Crippen LogP contribution in [0, 0.1) is 6.92 Å². The first kappa shape index (κ1) is 17.5. The maximum atomic E-state index is 12.5. The predicted molar refractivity (Wildman–Crippen MR) is 95.5 cm³/mol. The zero-order valence-corrected chi connectivity index (χ0v) is 15.0. The van der Waals surface area contributed by atoms with Crippen LogP contribution in [0.3, 0.4) is 0 Å². The van der Waals surface area contributed by atoms with Crippen molar-refractivity contribution in [2.45, 2.75) is 18.0 Å². The van der Waals surface area contributed by atoms with Gasteiger partial charge >= 0.3 is 0 Å². The number of aryl methyl sites for hydroxylation is 1. The lowest BCUT2D eigenvalue weighted by molar-refractivity contribution is -0.117. The number of methoxy groups -OCH3 is 1. The number of rotatable bonds is 3. The number of benzene rings is 2. The Morgan fingerprint density at radius 2 is 2.00 bits per heavy atom. The maximum absolute atomic E-state index is 12.5. The molecule has 0 aromatic heterocycles. The van der Waals surface area contributed by atoms with Crippen LogP contribution >= 0.6 is 11.6 Å². The van der Waals surface area contributed by atoms with E-state index in [1.165, 1.54) is 19.2 Å². The highest BCUT2D eigenvalue weighted by Crippen LogP contribution is 2.30. The fraction of sp³-hybridized carbons (Fsp3) is 0.188. The largest absolute Gasteiger partial charge is 0.495 e. The van der Waals surface area contributed by atoms with E-state index in [0.717, 1.165) is 5.56 Å². The van der Waals surface area contributed by atoms with Gasteiger partial charge in [0.05, 0.1) is 18.5 Å². The van der Waals surface area contributed by atoms with Gasteiger partial charge in [0.2, 0.25) is 10.0 Å². The molecule has 1 atom stereocenters. The molecule has 3 rings (SSSR count). The molecule has 0 saturated carbocycles. The molecule has 1 heterocycles. The highest BCUT2D eigenvalue weighted by Gasteiger charge is 2.33. The number of sulfonamides is 1. The smallest absolute Gasteiger partial charge is 0.263 e. The highest BCUT2D eigenvalue weighted by molar-refractivity contribution is 7.89. The predicted octanol–water partition coefficient (Wildman–Crippen LogP) is 2.33. The molecule has 0 radical (unpaired) electrons. The van der Waals surface area contributed by atoms with Gasteiger partial charge in [0, 0.05) is 5.02 Å². The summed E-state index contributed by atoms with van der Waals surface area (Å²) in [5, 5.41) is 5.92. The van der Waals surface area contributed by atoms with Crippen molar-refractivity contribution in [1.29, 1.82) is 0 Å². The molecule has 1 amide bonds. The first-order valence-electron chi connectivity index (χ1n) is 7.34. The molecule has 9 heteroatoms.